The summed E-state index contributed by atoms with van der Waals surface area (Å²) in [7, 11) is 0. The summed E-state index contributed by atoms with van der Waals surface area (Å²) in [6, 6.07) is 2.07. The molecular formula is C12H16Br2N2O. The molecular weight excluding hydrogens is 348 g/mol. The van der Waals surface area contributed by atoms with Gasteiger partial charge in [0.15, 0.2) is 0 Å². The van der Waals surface area contributed by atoms with E-state index < -0.39 is 0 Å². The second-order valence-electron chi connectivity index (χ2n) is 4.44. The van der Waals surface area contributed by atoms with E-state index in [-0.39, 0.29) is 12.1 Å². The summed E-state index contributed by atoms with van der Waals surface area (Å²) in [5, 5.41) is 13.4. The van der Waals surface area contributed by atoms with E-state index >= 15 is 0 Å². The van der Waals surface area contributed by atoms with Crippen LogP contribution in [0, 0.1) is 0 Å². The van der Waals surface area contributed by atoms with Crippen LogP contribution in [0.2, 0.25) is 0 Å². The fraction of sp³-hybridized carbons (Fsp3) is 0.583. The van der Waals surface area contributed by atoms with E-state index in [1.165, 1.54) is 12.8 Å². The Morgan fingerprint density at radius 3 is 2.76 bits per heavy atom. The Labute approximate surface area is 118 Å². The largest absolute Gasteiger partial charge is 0.391 e. The maximum Gasteiger partial charge on any atom is 0.140 e. The highest BCUT2D eigenvalue weighted by Crippen LogP contribution is 2.27. The summed E-state index contributed by atoms with van der Waals surface area (Å²) in [5.41, 5.74) is 0. The zero-order valence-electron chi connectivity index (χ0n) is 9.50. The first-order valence-corrected chi connectivity index (χ1v) is 7.51. The number of hydrogen-bond donors (Lipinski definition) is 2. The van der Waals surface area contributed by atoms with Gasteiger partial charge in [0.05, 0.1) is 16.6 Å². The Kier molecular flexibility index (Phi) is 4.82. The molecule has 1 aromatic heterocycles. The number of hydrogen-bond acceptors (Lipinski definition) is 3. The fourth-order valence-electron chi connectivity index (χ4n) is 2.15. The molecule has 1 heterocycles. The lowest BCUT2D eigenvalue weighted by molar-refractivity contribution is 0.144. The molecule has 94 valence electrons. The summed E-state index contributed by atoms with van der Waals surface area (Å²) in [6.07, 6.45) is 6.88. The molecule has 1 fully saturated rings. The minimum Gasteiger partial charge on any atom is -0.391 e. The summed E-state index contributed by atoms with van der Waals surface area (Å²) >= 11 is 6.85. The number of aliphatic hydroxyl groups excluding tert-OH is 1. The van der Waals surface area contributed by atoms with Gasteiger partial charge in [-0.2, -0.15) is 0 Å². The van der Waals surface area contributed by atoms with Crippen molar-refractivity contribution in [2.24, 2.45) is 0 Å². The number of aromatic nitrogens is 1. The first-order chi connectivity index (χ1) is 8.16. The van der Waals surface area contributed by atoms with Crippen LogP contribution in [-0.2, 0) is 0 Å². The van der Waals surface area contributed by atoms with E-state index in [2.05, 4.69) is 42.2 Å². The maximum absolute atomic E-state index is 10.0. The Morgan fingerprint density at radius 2 is 2.00 bits per heavy atom. The lowest BCUT2D eigenvalue weighted by Gasteiger charge is -2.22. The van der Waals surface area contributed by atoms with Gasteiger partial charge in [0.2, 0.25) is 0 Å². The number of nitrogens with zero attached hydrogens (tertiary/aromatic N) is 1. The van der Waals surface area contributed by atoms with Gasteiger partial charge in [-0.15, -0.1) is 0 Å². The second kappa shape index (κ2) is 6.16. The molecule has 5 heteroatoms. The van der Waals surface area contributed by atoms with Crippen LogP contribution in [0.1, 0.15) is 32.1 Å². The van der Waals surface area contributed by atoms with Gasteiger partial charge in [-0.1, -0.05) is 19.3 Å². The van der Waals surface area contributed by atoms with Crippen LogP contribution >= 0.6 is 31.9 Å². The third kappa shape index (κ3) is 3.66. The topological polar surface area (TPSA) is 45.1 Å². The molecule has 2 atom stereocenters. The summed E-state index contributed by atoms with van der Waals surface area (Å²) in [4.78, 5) is 4.32. The zero-order chi connectivity index (χ0) is 12.3. The quantitative estimate of drug-likeness (QED) is 0.787. The number of rotatable bonds is 2. The molecule has 1 aliphatic rings. The molecule has 2 N–H and O–H groups in total. The molecule has 1 aromatic rings. The molecule has 0 saturated heterocycles. The minimum absolute atomic E-state index is 0.113. The lowest BCUT2D eigenvalue weighted by atomic mass is 10.1. The van der Waals surface area contributed by atoms with Crippen LogP contribution in [-0.4, -0.2) is 22.2 Å². The van der Waals surface area contributed by atoms with Gasteiger partial charge in [-0.3, -0.25) is 0 Å². The third-order valence-corrected chi connectivity index (χ3v) is 4.15. The zero-order valence-corrected chi connectivity index (χ0v) is 12.7. The normalized spacial score (nSPS) is 25.4. The van der Waals surface area contributed by atoms with Gasteiger partial charge in [-0.05, 0) is 50.8 Å². The number of pyridine rings is 1. The smallest absolute Gasteiger partial charge is 0.140 e. The Bertz CT molecular complexity index is 387. The highest BCUT2D eigenvalue weighted by atomic mass is 79.9. The van der Waals surface area contributed by atoms with Crippen molar-refractivity contribution < 1.29 is 5.11 Å². The number of anilines is 1. The monoisotopic (exact) mass is 362 g/mol. The van der Waals surface area contributed by atoms with E-state index in [9.17, 15) is 5.11 Å². The number of nitrogens with one attached hydrogen (secondary N) is 1. The molecule has 3 nitrogen and oxygen atoms in total. The standard InChI is InChI=1S/C12H16Br2N2O/c13-8-6-9(14)12(15-7-8)16-10-4-2-1-3-5-11(10)17/h6-7,10-11,17H,1-5H2,(H,15,16). The molecule has 0 radical (unpaired) electrons. The van der Waals surface area contributed by atoms with Gasteiger partial charge in [0.25, 0.3) is 0 Å². The van der Waals surface area contributed by atoms with Crippen molar-refractivity contribution in [3.63, 3.8) is 0 Å². The predicted octanol–water partition coefficient (Wildman–Crippen LogP) is 3.71. The van der Waals surface area contributed by atoms with Crippen molar-refractivity contribution in [2.45, 2.75) is 44.2 Å². The molecule has 1 saturated carbocycles. The predicted molar refractivity (Wildman–Crippen MR) is 76.1 cm³/mol. The van der Waals surface area contributed by atoms with Crippen molar-refractivity contribution >= 4 is 37.7 Å². The highest BCUT2D eigenvalue weighted by Gasteiger charge is 2.22. The molecule has 1 aliphatic carbocycles. The minimum atomic E-state index is -0.269. The highest BCUT2D eigenvalue weighted by molar-refractivity contribution is 9.11. The maximum atomic E-state index is 10.0. The van der Waals surface area contributed by atoms with Crippen LogP contribution in [0.25, 0.3) is 0 Å². The Hall–Kier alpha value is -0.130. The molecule has 0 amide bonds. The van der Waals surface area contributed by atoms with Crippen LogP contribution in [0.15, 0.2) is 21.2 Å². The van der Waals surface area contributed by atoms with Gasteiger partial charge in [0.1, 0.15) is 5.82 Å². The van der Waals surface area contributed by atoms with Crippen molar-refractivity contribution in [3.8, 4) is 0 Å². The van der Waals surface area contributed by atoms with Gasteiger partial charge in [0, 0.05) is 10.7 Å². The van der Waals surface area contributed by atoms with Crippen molar-refractivity contribution in [1.29, 1.82) is 0 Å². The molecule has 0 bridgehead atoms. The first kappa shape index (κ1) is 13.3. The summed E-state index contributed by atoms with van der Waals surface area (Å²) in [5.74, 6) is 0.805. The van der Waals surface area contributed by atoms with Gasteiger partial charge >= 0.3 is 0 Å². The Balaban J connectivity index is 2.08. The van der Waals surface area contributed by atoms with E-state index in [0.29, 0.717) is 0 Å². The van der Waals surface area contributed by atoms with E-state index in [4.69, 9.17) is 0 Å². The van der Waals surface area contributed by atoms with Crippen molar-refractivity contribution in [2.75, 3.05) is 5.32 Å². The van der Waals surface area contributed by atoms with E-state index in [0.717, 1.165) is 34.0 Å². The number of halogens is 2. The Morgan fingerprint density at radius 1 is 1.24 bits per heavy atom. The van der Waals surface area contributed by atoms with Gasteiger partial charge in [-0.25, -0.2) is 4.98 Å². The number of aliphatic hydroxyl groups is 1. The van der Waals surface area contributed by atoms with E-state index in [1.54, 1.807) is 6.20 Å². The molecule has 2 unspecified atom stereocenters. The van der Waals surface area contributed by atoms with Gasteiger partial charge < -0.3 is 10.4 Å². The first-order valence-electron chi connectivity index (χ1n) is 5.92. The molecule has 2 rings (SSSR count). The molecule has 0 spiro atoms. The third-order valence-electron chi connectivity index (χ3n) is 3.11. The van der Waals surface area contributed by atoms with Crippen molar-refractivity contribution in [3.05, 3.63) is 21.2 Å². The lowest BCUT2D eigenvalue weighted by Crippen LogP contribution is -2.32. The van der Waals surface area contributed by atoms with Crippen LogP contribution in [0.5, 0.6) is 0 Å². The second-order valence-corrected chi connectivity index (χ2v) is 6.21. The van der Waals surface area contributed by atoms with Crippen LogP contribution in [0.4, 0.5) is 5.82 Å². The van der Waals surface area contributed by atoms with Crippen LogP contribution < -0.4 is 5.32 Å². The summed E-state index contributed by atoms with van der Waals surface area (Å²) < 4.78 is 1.86. The molecule has 0 aromatic carbocycles. The average molecular weight is 364 g/mol. The summed E-state index contributed by atoms with van der Waals surface area (Å²) in [6.45, 7) is 0. The molecule has 0 aliphatic heterocycles. The molecule has 17 heavy (non-hydrogen) atoms. The van der Waals surface area contributed by atoms with E-state index in [1.807, 2.05) is 6.07 Å². The SMILES string of the molecule is OC1CCCCCC1Nc1ncc(Br)cc1Br. The average Bonchev–Trinajstić information content (AvgIpc) is 2.48. The van der Waals surface area contributed by atoms with Crippen molar-refractivity contribution in [1.82, 2.24) is 4.98 Å². The van der Waals surface area contributed by atoms with Crippen LogP contribution in [0.3, 0.4) is 0 Å². The fourth-order valence-corrected chi connectivity index (χ4v) is 3.25.